The number of halogens is 2. The lowest BCUT2D eigenvalue weighted by atomic mass is 10.1. The van der Waals surface area contributed by atoms with E-state index in [0.29, 0.717) is 6.61 Å². The quantitative estimate of drug-likeness (QED) is 0.694. The van der Waals surface area contributed by atoms with Gasteiger partial charge in [-0.25, -0.2) is 0 Å². The van der Waals surface area contributed by atoms with Crippen molar-refractivity contribution in [3.05, 3.63) is 35.9 Å². The van der Waals surface area contributed by atoms with Crippen molar-refractivity contribution in [3.63, 3.8) is 0 Å². The zero-order chi connectivity index (χ0) is 11.1. The lowest BCUT2D eigenvalue weighted by molar-refractivity contribution is 0.0665. The van der Waals surface area contributed by atoms with Gasteiger partial charge in [-0.2, -0.15) is 0 Å². The molecule has 0 spiro atoms. The highest BCUT2D eigenvalue weighted by atomic mass is 35.5. The Morgan fingerprint density at radius 3 is 2.40 bits per heavy atom. The highest BCUT2D eigenvalue weighted by Gasteiger charge is 2.16. The van der Waals surface area contributed by atoms with Crippen molar-refractivity contribution >= 4 is 23.2 Å². The molecule has 0 N–H and O–H groups in total. The molecule has 0 fully saturated rings. The van der Waals surface area contributed by atoms with Crippen LogP contribution in [-0.2, 0) is 11.2 Å². The first-order valence-corrected chi connectivity index (χ1v) is 6.05. The van der Waals surface area contributed by atoms with Crippen LogP contribution in [0.2, 0.25) is 0 Å². The van der Waals surface area contributed by atoms with Gasteiger partial charge >= 0.3 is 0 Å². The normalized spacial score (nSPS) is 13.1. The van der Waals surface area contributed by atoms with Gasteiger partial charge < -0.3 is 4.74 Å². The Kier molecular flexibility index (Phi) is 6.07. The number of alkyl halides is 2. The van der Waals surface area contributed by atoms with Crippen LogP contribution in [0.25, 0.3) is 0 Å². The van der Waals surface area contributed by atoms with E-state index in [2.05, 4.69) is 12.1 Å². The minimum absolute atomic E-state index is 0.0708. The van der Waals surface area contributed by atoms with Crippen molar-refractivity contribution in [3.8, 4) is 0 Å². The van der Waals surface area contributed by atoms with Gasteiger partial charge in [0.25, 0.3) is 0 Å². The highest BCUT2D eigenvalue weighted by molar-refractivity contribution is 6.44. The van der Waals surface area contributed by atoms with Crippen LogP contribution in [0.5, 0.6) is 0 Å². The van der Waals surface area contributed by atoms with Crippen LogP contribution in [0.4, 0.5) is 0 Å². The molecule has 3 heteroatoms. The SMILES string of the molecule is CCOC(CCc1ccccc1)C(Cl)Cl. The zero-order valence-electron chi connectivity index (χ0n) is 8.83. The maximum atomic E-state index is 5.83. The Morgan fingerprint density at radius 2 is 1.87 bits per heavy atom. The highest BCUT2D eigenvalue weighted by Crippen LogP contribution is 2.17. The lowest BCUT2D eigenvalue weighted by Crippen LogP contribution is -2.21. The number of hydrogen-bond acceptors (Lipinski definition) is 1. The van der Waals surface area contributed by atoms with Crippen molar-refractivity contribution in [1.82, 2.24) is 0 Å². The molecule has 1 rings (SSSR count). The Hall–Kier alpha value is -0.240. The molecule has 0 aliphatic carbocycles. The van der Waals surface area contributed by atoms with Gasteiger partial charge in [-0.3, -0.25) is 0 Å². The van der Waals surface area contributed by atoms with Crippen molar-refractivity contribution in [1.29, 1.82) is 0 Å². The van der Waals surface area contributed by atoms with Crippen molar-refractivity contribution in [2.75, 3.05) is 6.61 Å². The summed E-state index contributed by atoms with van der Waals surface area (Å²) in [7, 11) is 0. The van der Waals surface area contributed by atoms with Gasteiger partial charge in [0.1, 0.15) is 4.84 Å². The standard InChI is InChI=1S/C12H16Cl2O/c1-2-15-11(12(13)14)9-8-10-6-4-3-5-7-10/h3-7,11-12H,2,8-9H2,1H3. The van der Waals surface area contributed by atoms with E-state index in [1.165, 1.54) is 5.56 Å². The molecule has 0 aromatic heterocycles. The summed E-state index contributed by atoms with van der Waals surface area (Å²) in [4.78, 5) is -0.450. The first kappa shape index (κ1) is 12.8. The summed E-state index contributed by atoms with van der Waals surface area (Å²) < 4.78 is 5.46. The minimum atomic E-state index is -0.450. The van der Waals surface area contributed by atoms with E-state index < -0.39 is 4.84 Å². The number of ether oxygens (including phenoxy) is 1. The Morgan fingerprint density at radius 1 is 1.20 bits per heavy atom. The molecule has 0 radical (unpaired) electrons. The maximum absolute atomic E-state index is 5.83. The first-order chi connectivity index (χ1) is 7.24. The molecule has 0 amide bonds. The molecule has 1 aromatic carbocycles. The van der Waals surface area contributed by atoms with Crippen molar-refractivity contribution in [2.45, 2.75) is 30.7 Å². The van der Waals surface area contributed by atoms with Gasteiger partial charge in [0.15, 0.2) is 0 Å². The molecule has 1 atom stereocenters. The molecule has 1 unspecified atom stereocenters. The van der Waals surface area contributed by atoms with Crippen LogP contribution in [-0.4, -0.2) is 17.5 Å². The van der Waals surface area contributed by atoms with E-state index >= 15 is 0 Å². The summed E-state index contributed by atoms with van der Waals surface area (Å²) in [6, 6.07) is 10.3. The fraction of sp³-hybridized carbons (Fsp3) is 0.500. The second kappa shape index (κ2) is 7.10. The summed E-state index contributed by atoms with van der Waals surface area (Å²) >= 11 is 11.7. The number of aryl methyl sites for hydroxylation is 1. The number of rotatable bonds is 6. The molecule has 15 heavy (non-hydrogen) atoms. The summed E-state index contributed by atoms with van der Waals surface area (Å²) in [6.07, 6.45) is 1.73. The first-order valence-electron chi connectivity index (χ1n) is 5.17. The van der Waals surface area contributed by atoms with E-state index in [0.717, 1.165) is 12.8 Å². The molecule has 0 bridgehead atoms. The topological polar surface area (TPSA) is 9.23 Å². The predicted octanol–water partition coefficient (Wildman–Crippen LogP) is 3.83. The average molecular weight is 247 g/mol. The zero-order valence-corrected chi connectivity index (χ0v) is 10.3. The molecule has 1 aromatic rings. The van der Waals surface area contributed by atoms with E-state index in [1.54, 1.807) is 0 Å². The van der Waals surface area contributed by atoms with Gasteiger partial charge in [-0.05, 0) is 25.3 Å². The van der Waals surface area contributed by atoms with Crippen molar-refractivity contribution < 1.29 is 4.74 Å². The summed E-state index contributed by atoms with van der Waals surface area (Å²) in [5.74, 6) is 0. The van der Waals surface area contributed by atoms with Crippen LogP contribution in [0, 0.1) is 0 Å². The average Bonchev–Trinajstić information content (AvgIpc) is 2.25. The number of benzene rings is 1. The molecule has 0 aliphatic heterocycles. The molecule has 0 saturated heterocycles. The third-order valence-corrected chi connectivity index (χ3v) is 2.78. The summed E-state index contributed by atoms with van der Waals surface area (Å²) in [5.41, 5.74) is 1.29. The smallest absolute Gasteiger partial charge is 0.133 e. The van der Waals surface area contributed by atoms with E-state index in [4.69, 9.17) is 27.9 Å². The van der Waals surface area contributed by atoms with Crippen LogP contribution in [0.3, 0.4) is 0 Å². The molecule has 84 valence electrons. The third-order valence-electron chi connectivity index (χ3n) is 2.22. The van der Waals surface area contributed by atoms with Gasteiger partial charge in [-0.15, -0.1) is 23.2 Å². The third kappa shape index (κ3) is 4.87. The van der Waals surface area contributed by atoms with Crippen LogP contribution < -0.4 is 0 Å². The Labute approximate surface area is 101 Å². The van der Waals surface area contributed by atoms with Crippen LogP contribution in [0.15, 0.2) is 30.3 Å². The Balaban J connectivity index is 2.40. The van der Waals surface area contributed by atoms with Crippen LogP contribution in [0.1, 0.15) is 18.9 Å². The molecule has 0 heterocycles. The molecular weight excluding hydrogens is 231 g/mol. The number of hydrogen-bond donors (Lipinski definition) is 0. The predicted molar refractivity (Wildman–Crippen MR) is 65.7 cm³/mol. The summed E-state index contributed by atoms with van der Waals surface area (Å²) in [5, 5.41) is 0. The van der Waals surface area contributed by atoms with Crippen LogP contribution >= 0.6 is 23.2 Å². The molecule has 0 saturated carbocycles. The fourth-order valence-corrected chi connectivity index (χ4v) is 1.85. The lowest BCUT2D eigenvalue weighted by Gasteiger charge is -2.17. The van der Waals surface area contributed by atoms with Gasteiger partial charge in [0, 0.05) is 6.61 Å². The minimum Gasteiger partial charge on any atom is -0.376 e. The van der Waals surface area contributed by atoms with Gasteiger partial charge in [0.05, 0.1) is 6.10 Å². The largest absolute Gasteiger partial charge is 0.376 e. The van der Waals surface area contributed by atoms with E-state index in [1.807, 2.05) is 25.1 Å². The fourth-order valence-electron chi connectivity index (χ4n) is 1.45. The maximum Gasteiger partial charge on any atom is 0.133 e. The molecule has 0 aliphatic rings. The molecule has 1 nitrogen and oxygen atoms in total. The van der Waals surface area contributed by atoms with Gasteiger partial charge in [-0.1, -0.05) is 30.3 Å². The monoisotopic (exact) mass is 246 g/mol. The van der Waals surface area contributed by atoms with E-state index in [-0.39, 0.29) is 6.10 Å². The Bertz CT molecular complexity index is 262. The molecular formula is C12H16Cl2O. The van der Waals surface area contributed by atoms with E-state index in [9.17, 15) is 0 Å². The van der Waals surface area contributed by atoms with Crippen molar-refractivity contribution in [2.24, 2.45) is 0 Å². The second-order valence-corrected chi connectivity index (χ2v) is 4.52. The second-order valence-electron chi connectivity index (χ2n) is 3.35. The summed E-state index contributed by atoms with van der Waals surface area (Å²) in [6.45, 7) is 2.60. The van der Waals surface area contributed by atoms with Gasteiger partial charge in [0.2, 0.25) is 0 Å².